The Bertz CT molecular complexity index is 758. The van der Waals surface area contributed by atoms with Gasteiger partial charge in [-0.3, -0.25) is 5.43 Å². The van der Waals surface area contributed by atoms with E-state index in [0.29, 0.717) is 30.3 Å². The number of hydrazine groups is 1. The Morgan fingerprint density at radius 3 is 2.86 bits per heavy atom. The zero-order valence-corrected chi connectivity index (χ0v) is 12.0. The van der Waals surface area contributed by atoms with Gasteiger partial charge in [-0.05, 0) is 29.5 Å². The van der Waals surface area contributed by atoms with Crippen LogP contribution in [0.1, 0.15) is 5.56 Å². The molecular weight excluding hydrogens is 289 g/mol. The molecule has 2 aromatic heterocycles. The normalized spacial score (nSPS) is 10.8. The van der Waals surface area contributed by atoms with Gasteiger partial charge in [0.05, 0.1) is 5.39 Å². The number of hydrogen-bond donors (Lipinski definition) is 3. The highest BCUT2D eigenvalue weighted by Crippen LogP contribution is 2.26. The quantitative estimate of drug-likeness (QED) is 0.499. The fourth-order valence-corrected chi connectivity index (χ4v) is 2.84. The first-order valence-corrected chi connectivity index (χ1v) is 7.35. The van der Waals surface area contributed by atoms with E-state index in [1.165, 1.54) is 17.4 Å². The molecule has 0 saturated carbocycles. The Morgan fingerprint density at radius 1 is 1.19 bits per heavy atom. The van der Waals surface area contributed by atoms with Crippen LogP contribution in [0.2, 0.25) is 0 Å². The lowest BCUT2D eigenvalue weighted by molar-refractivity contribution is 0.610. The van der Waals surface area contributed by atoms with Crippen LogP contribution < -0.4 is 16.6 Å². The van der Waals surface area contributed by atoms with Crippen molar-refractivity contribution in [2.75, 3.05) is 17.3 Å². The van der Waals surface area contributed by atoms with Crippen LogP contribution in [0.3, 0.4) is 0 Å². The molecule has 0 radical (unpaired) electrons. The third kappa shape index (κ3) is 2.93. The first-order chi connectivity index (χ1) is 10.3. The summed E-state index contributed by atoms with van der Waals surface area (Å²) >= 11 is 1.52. The van der Waals surface area contributed by atoms with Crippen molar-refractivity contribution in [3.8, 4) is 0 Å². The summed E-state index contributed by atoms with van der Waals surface area (Å²) in [4.78, 5) is 9.42. The second kappa shape index (κ2) is 6.02. The summed E-state index contributed by atoms with van der Waals surface area (Å²) in [5.41, 5.74) is 3.13. The SMILES string of the molecule is NNc1nc(NCCc2ccccc2F)c2ccsc2n1. The van der Waals surface area contributed by atoms with Crippen LogP contribution in [0.25, 0.3) is 10.2 Å². The number of aromatic nitrogens is 2. The molecule has 0 saturated heterocycles. The summed E-state index contributed by atoms with van der Waals surface area (Å²) in [7, 11) is 0. The van der Waals surface area contributed by atoms with Crippen molar-refractivity contribution in [1.29, 1.82) is 0 Å². The van der Waals surface area contributed by atoms with Crippen LogP contribution in [0.5, 0.6) is 0 Å². The average Bonchev–Trinajstić information content (AvgIpc) is 2.97. The summed E-state index contributed by atoms with van der Waals surface area (Å²) in [6.07, 6.45) is 0.577. The van der Waals surface area contributed by atoms with Gasteiger partial charge in [-0.15, -0.1) is 11.3 Å². The number of nitrogens with one attached hydrogen (secondary N) is 2. The van der Waals surface area contributed by atoms with Crippen LogP contribution in [0.15, 0.2) is 35.7 Å². The van der Waals surface area contributed by atoms with Gasteiger partial charge in [0.2, 0.25) is 5.95 Å². The molecule has 1 aromatic carbocycles. The first-order valence-electron chi connectivity index (χ1n) is 6.47. The van der Waals surface area contributed by atoms with E-state index in [1.807, 2.05) is 17.5 Å². The topological polar surface area (TPSA) is 75.9 Å². The summed E-state index contributed by atoms with van der Waals surface area (Å²) in [5.74, 6) is 6.24. The molecule has 0 aliphatic carbocycles. The molecule has 2 heterocycles. The largest absolute Gasteiger partial charge is 0.369 e. The van der Waals surface area contributed by atoms with E-state index in [4.69, 9.17) is 5.84 Å². The molecule has 5 nitrogen and oxygen atoms in total. The number of benzene rings is 1. The number of nitrogens with two attached hydrogens (primary N) is 1. The van der Waals surface area contributed by atoms with E-state index in [9.17, 15) is 4.39 Å². The minimum Gasteiger partial charge on any atom is -0.369 e. The van der Waals surface area contributed by atoms with Crippen molar-refractivity contribution in [3.63, 3.8) is 0 Å². The Labute approximate surface area is 125 Å². The summed E-state index contributed by atoms with van der Waals surface area (Å²) in [6, 6.07) is 8.71. The molecular formula is C14H14FN5S. The second-order valence-electron chi connectivity index (χ2n) is 4.45. The van der Waals surface area contributed by atoms with E-state index in [2.05, 4.69) is 20.7 Å². The van der Waals surface area contributed by atoms with Gasteiger partial charge in [0, 0.05) is 6.54 Å². The van der Waals surface area contributed by atoms with Gasteiger partial charge in [0.15, 0.2) is 0 Å². The molecule has 3 rings (SSSR count). The Balaban J connectivity index is 1.76. The minimum absolute atomic E-state index is 0.188. The van der Waals surface area contributed by atoms with Crippen LogP contribution >= 0.6 is 11.3 Å². The summed E-state index contributed by atoms with van der Waals surface area (Å²) in [5, 5.41) is 6.10. The van der Waals surface area contributed by atoms with Crippen molar-refractivity contribution in [2.24, 2.45) is 5.84 Å². The van der Waals surface area contributed by atoms with E-state index in [-0.39, 0.29) is 5.82 Å². The molecule has 0 aliphatic rings. The van der Waals surface area contributed by atoms with Crippen LogP contribution in [0.4, 0.5) is 16.2 Å². The van der Waals surface area contributed by atoms with Crippen molar-refractivity contribution >= 4 is 33.3 Å². The molecule has 4 N–H and O–H groups in total. The lowest BCUT2D eigenvalue weighted by Gasteiger charge is -2.09. The number of halogens is 1. The zero-order valence-electron chi connectivity index (χ0n) is 11.1. The van der Waals surface area contributed by atoms with Gasteiger partial charge in [-0.25, -0.2) is 15.2 Å². The maximum atomic E-state index is 13.6. The molecule has 0 bridgehead atoms. The maximum absolute atomic E-state index is 13.6. The summed E-state index contributed by atoms with van der Waals surface area (Å²) in [6.45, 7) is 0.576. The van der Waals surface area contributed by atoms with Gasteiger partial charge in [0.25, 0.3) is 0 Å². The lowest BCUT2D eigenvalue weighted by Crippen LogP contribution is -2.13. The van der Waals surface area contributed by atoms with E-state index in [1.54, 1.807) is 12.1 Å². The number of hydrogen-bond acceptors (Lipinski definition) is 6. The molecule has 0 aliphatic heterocycles. The number of nitrogens with zero attached hydrogens (tertiary/aromatic N) is 2. The Kier molecular flexibility index (Phi) is 3.94. The molecule has 0 spiro atoms. The predicted octanol–water partition coefficient (Wildman–Crippen LogP) is 2.77. The molecule has 108 valence electrons. The van der Waals surface area contributed by atoms with Crippen molar-refractivity contribution in [2.45, 2.75) is 6.42 Å². The monoisotopic (exact) mass is 303 g/mol. The number of nitrogen functional groups attached to an aromatic ring is 1. The first kappa shape index (κ1) is 13.7. The van der Waals surface area contributed by atoms with Crippen LogP contribution in [-0.4, -0.2) is 16.5 Å². The molecule has 21 heavy (non-hydrogen) atoms. The summed E-state index contributed by atoms with van der Waals surface area (Å²) < 4.78 is 13.6. The fourth-order valence-electron chi connectivity index (χ4n) is 2.07. The molecule has 0 fully saturated rings. The van der Waals surface area contributed by atoms with E-state index >= 15 is 0 Å². The number of rotatable bonds is 5. The Morgan fingerprint density at radius 2 is 2.05 bits per heavy atom. The van der Waals surface area contributed by atoms with Crippen molar-refractivity contribution in [3.05, 3.63) is 47.1 Å². The molecule has 0 amide bonds. The molecule has 0 atom stereocenters. The van der Waals surface area contributed by atoms with Gasteiger partial charge < -0.3 is 5.32 Å². The zero-order chi connectivity index (χ0) is 14.7. The molecule has 7 heteroatoms. The average molecular weight is 303 g/mol. The van der Waals surface area contributed by atoms with Gasteiger partial charge >= 0.3 is 0 Å². The second-order valence-corrected chi connectivity index (χ2v) is 5.34. The highest BCUT2D eigenvalue weighted by Gasteiger charge is 2.08. The van der Waals surface area contributed by atoms with Gasteiger partial charge in [0.1, 0.15) is 16.5 Å². The van der Waals surface area contributed by atoms with Crippen LogP contribution in [0, 0.1) is 5.82 Å². The van der Waals surface area contributed by atoms with E-state index < -0.39 is 0 Å². The fraction of sp³-hybridized carbons (Fsp3) is 0.143. The third-order valence-electron chi connectivity index (χ3n) is 3.10. The Hall–Kier alpha value is -2.25. The maximum Gasteiger partial charge on any atom is 0.240 e. The molecule has 0 unspecified atom stereocenters. The van der Waals surface area contributed by atoms with Crippen molar-refractivity contribution in [1.82, 2.24) is 9.97 Å². The van der Waals surface area contributed by atoms with E-state index in [0.717, 1.165) is 10.2 Å². The predicted molar refractivity (Wildman–Crippen MR) is 83.8 cm³/mol. The van der Waals surface area contributed by atoms with Crippen LogP contribution in [-0.2, 0) is 6.42 Å². The minimum atomic E-state index is -0.188. The highest BCUT2D eigenvalue weighted by molar-refractivity contribution is 7.16. The highest BCUT2D eigenvalue weighted by atomic mass is 32.1. The lowest BCUT2D eigenvalue weighted by atomic mass is 10.1. The number of thiophene rings is 1. The molecule has 3 aromatic rings. The van der Waals surface area contributed by atoms with Crippen molar-refractivity contribution < 1.29 is 4.39 Å². The number of anilines is 2. The smallest absolute Gasteiger partial charge is 0.240 e. The number of fused-ring (bicyclic) bond motifs is 1. The third-order valence-corrected chi connectivity index (χ3v) is 3.91. The standard InChI is InChI=1S/C14H14FN5S/c15-11-4-2-1-3-9(11)5-7-17-12-10-6-8-21-13(10)19-14(18-12)20-16/h1-4,6,8H,5,7,16H2,(H2,17,18,19,20). The van der Waals surface area contributed by atoms with Gasteiger partial charge in [-0.2, -0.15) is 4.98 Å². The van der Waals surface area contributed by atoms with Gasteiger partial charge in [-0.1, -0.05) is 18.2 Å².